The van der Waals surface area contributed by atoms with E-state index in [1.807, 2.05) is 55.5 Å². The smallest absolute Gasteiger partial charge is 0.256 e. The van der Waals surface area contributed by atoms with Crippen LogP contribution >= 0.6 is 0 Å². The number of nitrogens with one attached hydrogen (secondary N) is 2. The number of anilines is 2. The minimum absolute atomic E-state index is 0.179. The van der Waals surface area contributed by atoms with Gasteiger partial charge in [-0.15, -0.1) is 0 Å². The Morgan fingerprint density at radius 2 is 1.69 bits per heavy atom. The predicted molar refractivity (Wildman–Crippen MR) is 140 cm³/mol. The maximum atomic E-state index is 12.7. The van der Waals surface area contributed by atoms with Crippen LogP contribution in [0.3, 0.4) is 0 Å². The number of carbonyl (C=O) groups is 1. The Kier molecular flexibility index (Phi) is 8.45. The second-order valence-electron chi connectivity index (χ2n) is 9.05. The largest absolute Gasteiger partial charge is 0.497 e. The molecule has 3 aromatic rings. The normalized spacial score (nSPS) is 14.9. The fourth-order valence-electron chi connectivity index (χ4n) is 4.39. The predicted octanol–water partition coefficient (Wildman–Crippen LogP) is 2.97. The summed E-state index contributed by atoms with van der Waals surface area (Å²) < 4.78 is 10.7. The van der Waals surface area contributed by atoms with Crippen LogP contribution in [-0.4, -0.2) is 79.2 Å². The van der Waals surface area contributed by atoms with Crippen LogP contribution in [0.15, 0.2) is 48.5 Å². The van der Waals surface area contributed by atoms with E-state index in [4.69, 9.17) is 9.47 Å². The quantitative estimate of drug-likeness (QED) is 0.399. The molecule has 9 nitrogen and oxygen atoms in total. The lowest BCUT2D eigenvalue weighted by Gasteiger charge is -2.38. The van der Waals surface area contributed by atoms with E-state index in [2.05, 4.69) is 25.3 Å². The van der Waals surface area contributed by atoms with Gasteiger partial charge < -0.3 is 24.8 Å². The van der Waals surface area contributed by atoms with Crippen molar-refractivity contribution < 1.29 is 19.4 Å². The van der Waals surface area contributed by atoms with Crippen LogP contribution in [0.25, 0.3) is 0 Å². The molecule has 1 aliphatic heterocycles. The third kappa shape index (κ3) is 6.35. The number of aromatic amines is 1. The number of piperazine rings is 1. The van der Waals surface area contributed by atoms with E-state index in [9.17, 15) is 9.90 Å². The van der Waals surface area contributed by atoms with E-state index in [-0.39, 0.29) is 18.6 Å². The van der Waals surface area contributed by atoms with Crippen molar-refractivity contribution in [3.05, 3.63) is 65.4 Å². The van der Waals surface area contributed by atoms with Crippen molar-refractivity contribution in [1.29, 1.82) is 0 Å². The number of methoxy groups -OCH3 is 2. The summed E-state index contributed by atoms with van der Waals surface area (Å²) >= 11 is 0. The maximum Gasteiger partial charge on any atom is 0.256 e. The Morgan fingerprint density at radius 1 is 1.03 bits per heavy atom. The van der Waals surface area contributed by atoms with Gasteiger partial charge in [0, 0.05) is 61.3 Å². The number of aliphatic hydroxyl groups is 1. The molecule has 1 aliphatic rings. The molecular weight excluding hydrogens is 458 g/mol. The van der Waals surface area contributed by atoms with E-state index in [1.165, 1.54) is 0 Å². The molecule has 0 aliphatic carbocycles. The number of nitrogens with zero attached hydrogens (tertiary/aromatic N) is 3. The van der Waals surface area contributed by atoms with Crippen molar-refractivity contribution in [2.75, 3.05) is 57.2 Å². The molecule has 4 rings (SSSR count). The first-order valence-electron chi connectivity index (χ1n) is 12.3. The summed E-state index contributed by atoms with van der Waals surface area (Å²) in [6.45, 7) is 5.85. The molecule has 0 spiro atoms. The first kappa shape index (κ1) is 25.5. The Bertz CT molecular complexity index is 1120. The number of aliphatic hydroxyl groups excluding tert-OH is 1. The zero-order valence-electron chi connectivity index (χ0n) is 21.2. The SMILES string of the molecule is COc1cc(CCc2cc(NC(=O)c3ccc(N4CCN(C(C)CO)CC4)cc3)n[nH]2)cc(OC)c1. The fourth-order valence-corrected chi connectivity index (χ4v) is 4.39. The van der Waals surface area contributed by atoms with Crippen LogP contribution in [0.4, 0.5) is 11.5 Å². The third-order valence-electron chi connectivity index (χ3n) is 6.66. The van der Waals surface area contributed by atoms with Gasteiger partial charge in [0.05, 0.1) is 20.8 Å². The molecule has 192 valence electrons. The lowest BCUT2D eigenvalue weighted by atomic mass is 10.1. The highest BCUT2D eigenvalue weighted by Crippen LogP contribution is 2.24. The van der Waals surface area contributed by atoms with Gasteiger partial charge in [-0.1, -0.05) is 0 Å². The zero-order chi connectivity index (χ0) is 25.5. The Hall–Kier alpha value is -3.56. The molecule has 2 aromatic carbocycles. The molecule has 0 bridgehead atoms. The van der Waals surface area contributed by atoms with E-state index < -0.39 is 0 Å². The van der Waals surface area contributed by atoms with Crippen molar-refractivity contribution in [2.45, 2.75) is 25.8 Å². The number of carbonyl (C=O) groups excluding carboxylic acids is 1. The van der Waals surface area contributed by atoms with Gasteiger partial charge in [0.25, 0.3) is 5.91 Å². The van der Waals surface area contributed by atoms with E-state index >= 15 is 0 Å². The molecule has 0 saturated carbocycles. The van der Waals surface area contributed by atoms with Crippen LogP contribution in [0.2, 0.25) is 0 Å². The molecule has 0 radical (unpaired) electrons. The number of aromatic nitrogens is 2. The lowest BCUT2D eigenvalue weighted by Crippen LogP contribution is -2.50. The second-order valence-corrected chi connectivity index (χ2v) is 9.05. The topological polar surface area (TPSA) is 103 Å². The monoisotopic (exact) mass is 493 g/mol. The van der Waals surface area contributed by atoms with Gasteiger partial charge >= 0.3 is 0 Å². The molecule has 1 unspecified atom stereocenters. The highest BCUT2D eigenvalue weighted by molar-refractivity contribution is 6.03. The number of H-pyrrole nitrogens is 1. The summed E-state index contributed by atoms with van der Waals surface area (Å²) in [6.07, 6.45) is 1.51. The van der Waals surface area contributed by atoms with Crippen molar-refractivity contribution in [2.24, 2.45) is 0 Å². The van der Waals surface area contributed by atoms with Gasteiger partial charge in [-0.05, 0) is 61.7 Å². The molecule has 1 saturated heterocycles. The number of hydrogen-bond acceptors (Lipinski definition) is 7. The minimum Gasteiger partial charge on any atom is -0.497 e. The van der Waals surface area contributed by atoms with Crippen molar-refractivity contribution in [3.8, 4) is 11.5 Å². The molecule has 3 N–H and O–H groups in total. The molecule has 2 heterocycles. The average Bonchev–Trinajstić information content (AvgIpc) is 3.38. The number of rotatable bonds is 10. The number of aryl methyl sites for hydroxylation is 2. The average molecular weight is 494 g/mol. The summed E-state index contributed by atoms with van der Waals surface area (Å²) in [6, 6.07) is 15.5. The van der Waals surface area contributed by atoms with Crippen LogP contribution in [0, 0.1) is 0 Å². The van der Waals surface area contributed by atoms with Gasteiger partial charge in [-0.2, -0.15) is 5.10 Å². The number of ether oxygens (including phenoxy) is 2. The van der Waals surface area contributed by atoms with Crippen LogP contribution in [0.5, 0.6) is 11.5 Å². The minimum atomic E-state index is -0.196. The van der Waals surface area contributed by atoms with Crippen LogP contribution in [0.1, 0.15) is 28.5 Å². The summed E-state index contributed by atoms with van der Waals surface area (Å²) in [5, 5.41) is 19.5. The summed E-state index contributed by atoms with van der Waals surface area (Å²) in [5.41, 5.74) is 3.70. The Balaban J connectivity index is 1.29. The summed E-state index contributed by atoms with van der Waals surface area (Å²) in [5.74, 6) is 1.81. The number of benzene rings is 2. The van der Waals surface area contributed by atoms with Gasteiger partial charge in [-0.3, -0.25) is 14.8 Å². The molecule has 1 aromatic heterocycles. The first-order valence-corrected chi connectivity index (χ1v) is 12.3. The third-order valence-corrected chi connectivity index (χ3v) is 6.66. The number of amides is 1. The molecular formula is C27H35N5O4. The van der Waals surface area contributed by atoms with Crippen LogP contribution in [-0.2, 0) is 12.8 Å². The Morgan fingerprint density at radius 3 is 2.31 bits per heavy atom. The van der Waals surface area contributed by atoms with E-state index in [0.29, 0.717) is 11.4 Å². The van der Waals surface area contributed by atoms with Gasteiger partial charge in [0.15, 0.2) is 5.82 Å². The molecule has 1 atom stereocenters. The summed E-state index contributed by atoms with van der Waals surface area (Å²) in [4.78, 5) is 17.3. The lowest BCUT2D eigenvalue weighted by molar-refractivity contribution is 0.102. The first-order chi connectivity index (χ1) is 17.5. The van der Waals surface area contributed by atoms with Gasteiger partial charge in [-0.25, -0.2) is 0 Å². The molecule has 1 fully saturated rings. The Labute approximate surface area is 212 Å². The number of hydrogen-bond donors (Lipinski definition) is 3. The van der Waals surface area contributed by atoms with Gasteiger partial charge in [0.1, 0.15) is 11.5 Å². The second kappa shape index (κ2) is 11.9. The molecule has 36 heavy (non-hydrogen) atoms. The van der Waals surface area contributed by atoms with Crippen molar-refractivity contribution in [1.82, 2.24) is 15.1 Å². The van der Waals surface area contributed by atoms with Crippen molar-refractivity contribution >= 4 is 17.4 Å². The molecule has 1 amide bonds. The van der Waals surface area contributed by atoms with E-state index in [1.54, 1.807) is 14.2 Å². The van der Waals surface area contributed by atoms with Crippen molar-refractivity contribution in [3.63, 3.8) is 0 Å². The summed E-state index contributed by atoms with van der Waals surface area (Å²) in [7, 11) is 3.27. The maximum absolute atomic E-state index is 12.7. The molecule has 9 heteroatoms. The highest BCUT2D eigenvalue weighted by Gasteiger charge is 2.21. The zero-order valence-corrected chi connectivity index (χ0v) is 21.2. The van der Waals surface area contributed by atoms with Crippen LogP contribution < -0.4 is 19.7 Å². The van der Waals surface area contributed by atoms with Gasteiger partial charge in [0.2, 0.25) is 0 Å². The highest BCUT2D eigenvalue weighted by atomic mass is 16.5. The van der Waals surface area contributed by atoms with E-state index in [0.717, 1.165) is 67.5 Å². The standard InChI is InChI=1S/C27H35N5O4/c1-19(18-33)31-10-12-32(13-11-31)23-8-5-21(6-9-23)27(34)28-26-16-22(29-30-26)7-4-20-14-24(35-2)17-25(15-20)36-3/h5-6,8-9,14-17,19,33H,4,7,10-13,18H2,1-3H3,(H2,28,29,30,34). The fraction of sp³-hybridized carbons (Fsp3) is 0.407.